The van der Waals surface area contributed by atoms with E-state index in [-0.39, 0.29) is 10.6 Å². The first kappa shape index (κ1) is 15.3. The first-order valence-electron chi connectivity index (χ1n) is 6.42. The second-order valence-corrected chi connectivity index (χ2v) is 5.86. The van der Waals surface area contributed by atoms with Crippen LogP contribution in [-0.2, 0) is 6.42 Å². The molecule has 0 aliphatic carbocycles. The zero-order chi connectivity index (χ0) is 14.5. The van der Waals surface area contributed by atoms with Crippen molar-refractivity contribution in [2.45, 2.75) is 18.2 Å². The van der Waals surface area contributed by atoms with Crippen LogP contribution in [-0.4, -0.2) is 6.61 Å². The number of hydrogen-bond donors (Lipinski definition) is 0. The van der Waals surface area contributed by atoms with Crippen molar-refractivity contribution in [1.82, 2.24) is 0 Å². The highest BCUT2D eigenvalue weighted by Gasteiger charge is 2.17. The second-order valence-electron chi connectivity index (χ2n) is 4.34. The fraction of sp³-hybridized carbons (Fsp3) is 0.250. The van der Waals surface area contributed by atoms with E-state index in [1.54, 1.807) is 12.1 Å². The maximum Gasteiger partial charge on any atom is 0.127 e. The standard InChI is InChI=1S/C16H15BrClFO/c1-2-20-16-9-4-3-6-11(16)13(17)10-12-14(18)7-5-8-15(12)19/h3-9,13H,2,10H2,1H3. The molecule has 4 heteroatoms. The van der Waals surface area contributed by atoms with Gasteiger partial charge in [0.1, 0.15) is 11.6 Å². The molecule has 0 fully saturated rings. The van der Waals surface area contributed by atoms with Crippen LogP contribution in [0, 0.1) is 5.82 Å². The first-order valence-corrected chi connectivity index (χ1v) is 7.71. The lowest BCUT2D eigenvalue weighted by Gasteiger charge is -2.16. The molecule has 0 aliphatic rings. The predicted octanol–water partition coefficient (Wildman–Crippen LogP) is 5.56. The van der Waals surface area contributed by atoms with Crippen molar-refractivity contribution in [2.75, 3.05) is 6.61 Å². The van der Waals surface area contributed by atoms with Crippen molar-refractivity contribution in [1.29, 1.82) is 0 Å². The summed E-state index contributed by atoms with van der Waals surface area (Å²) in [4.78, 5) is -0.0559. The van der Waals surface area contributed by atoms with Crippen LogP contribution in [0.2, 0.25) is 5.02 Å². The van der Waals surface area contributed by atoms with Gasteiger partial charge in [-0.05, 0) is 31.5 Å². The van der Waals surface area contributed by atoms with Gasteiger partial charge in [0.2, 0.25) is 0 Å². The van der Waals surface area contributed by atoms with Crippen LogP contribution < -0.4 is 4.74 Å². The van der Waals surface area contributed by atoms with Crippen molar-refractivity contribution in [3.63, 3.8) is 0 Å². The Morgan fingerprint density at radius 1 is 1.20 bits per heavy atom. The Bertz CT molecular complexity index is 568. The third kappa shape index (κ3) is 3.53. The molecule has 2 aromatic rings. The van der Waals surface area contributed by atoms with Crippen molar-refractivity contribution >= 4 is 27.5 Å². The monoisotopic (exact) mass is 356 g/mol. The molecule has 2 aromatic carbocycles. The van der Waals surface area contributed by atoms with Crippen LogP contribution in [0.1, 0.15) is 22.9 Å². The topological polar surface area (TPSA) is 9.23 Å². The largest absolute Gasteiger partial charge is 0.494 e. The van der Waals surface area contributed by atoms with Gasteiger partial charge in [-0.1, -0.05) is 51.8 Å². The van der Waals surface area contributed by atoms with E-state index in [0.717, 1.165) is 11.3 Å². The van der Waals surface area contributed by atoms with E-state index in [0.29, 0.717) is 23.6 Å². The summed E-state index contributed by atoms with van der Waals surface area (Å²) in [6.45, 7) is 2.53. The summed E-state index contributed by atoms with van der Waals surface area (Å²) in [7, 11) is 0. The lowest BCUT2D eigenvalue weighted by atomic mass is 10.0. The summed E-state index contributed by atoms with van der Waals surface area (Å²) in [5, 5.41) is 0.448. The normalized spacial score (nSPS) is 12.2. The zero-order valence-corrected chi connectivity index (χ0v) is 13.4. The molecular weight excluding hydrogens is 343 g/mol. The Morgan fingerprint density at radius 3 is 2.65 bits per heavy atom. The van der Waals surface area contributed by atoms with Gasteiger partial charge in [0.25, 0.3) is 0 Å². The van der Waals surface area contributed by atoms with Gasteiger partial charge in [0, 0.05) is 21.0 Å². The molecule has 0 saturated heterocycles. The summed E-state index contributed by atoms with van der Waals surface area (Å²) in [6.07, 6.45) is 0.468. The fourth-order valence-corrected chi connectivity index (χ4v) is 2.98. The Labute approximate surface area is 131 Å². The Kier molecular flexibility index (Phi) is 5.44. The minimum absolute atomic E-state index is 0.0559. The molecule has 1 atom stereocenters. The van der Waals surface area contributed by atoms with E-state index < -0.39 is 0 Å². The van der Waals surface area contributed by atoms with Gasteiger partial charge < -0.3 is 4.74 Å². The summed E-state index contributed by atoms with van der Waals surface area (Å²) in [5.41, 5.74) is 1.51. The third-order valence-electron chi connectivity index (χ3n) is 3.00. The molecule has 0 saturated carbocycles. The van der Waals surface area contributed by atoms with Gasteiger partial charge in [-0.25, -0.2) is 4.39 Å². The molecular formula is C16H15BrClFO. The molecule has 0 heterocycles. The minimum Gasteiger partial charge on any atom is -0.494 e. The van der Waals surface area contributed by atoms with E-state index in [1.807, 2.05) is 31.2 Å². The smallest absolute Gasteiger partial charge is 0.127 e. The summed E-state index contributed by atoms with van der Waals surface area (Å²) in [6, 6.07) is 12.5. The van der Waals surface area contributed by atoms with Crippen LogP contribution >= 0.6 is 27.5 Å². The highest BCUT2D eigenvalue weighted by atomic mass is 79.9. The maximum atomic E-state index is 13.8. The summed E-state index contributed by atoms with van der Waals surface area (Å²) >= 11 is 9.68. The van der Waals surface area contributed by atoms with Crippen molar-refractivity contribution in [3.8, 4) is 5.75 Å². The van der Waals surface area contributed by atoms with Gasteiger partial charge >= 0.3 is 0 Å². The zero-order valence-electron chi connectivity index (χ0n) is 11.1. The molecule has 0 amide bonds. The van der Waals surface area contributed by atoms with E-state index in [2.05, 4.69) is 15.9 Å². The molecule has 0 bridgehead atoms. The molecule has 1 nitrogen and oxygen atoms in total. The van der Waals surface area contributed by atoms with Crippen molar-refractivity contribution in [3.05, 3.63) is 64.4 Å². The summed E-state index contributed by atoms with van der Waals surface area (Å²) < 4.78 is 19.4. The van der Waals surface area contributed by atoms with Crippen molar-refractivity contribution < 1.29 is 9.13 Å². The summed E-state index contributed by atoms with van der Waals surface area (Å²) in [5.74, 6) is 0.528. The molecule has 0 N–H and O–H groups in total. The average Bonchev–Trinajstić information content (AvgIpc) is 2.44. The number of para-hydroxylation sites is 1. The molecule has 106 valence electrons. The van der Waals surface area contributed by atoms with Gasteiger partial charge in [-0.15, -0.1) is 0 Å². The maximum absolute atomic E-state index is 13.8. The van der Waals surface area contributed by atoms with Crippen LogP contribution in [0.4, 0.5) is 4.39 Å². The van der Waals surface area contributed by atoms with Crippen LogP contribution in [0.3, 0.4) is 0 Å². The molecule has 0 radical (unpaired) electrons. The number of alkyl halides is 1. The van der Waals surface area contributed by atoms with Crippen LogP contribution in [0.15, 0.2) is 42.5 Å². The molecule has 0 spiro atoms. The lowest BCUT2D eigenvalue weighted by Crippen LogP contribution is -2.02. The Morgan fingerprint density at radius 2 is 1.95 bits per heavy atom. The molecule has 1 unspecified atom stereocenters. The number of hydrogen-bond acceptors (Lipinski definition) is 1. The van der Waals surface area contributed by atoms with E-state index in [4.69, 9.17) is 16.3 Å². The minimum atomic E-state index is -0.282. The van der Waals surface area contributed by atoms with E-state index in [1.165, 1.54) is 6.07 Å². The molecule has 20 heavy (non-hydrogen) atoms. The molecule has 0 aromatic heterocycles. The number of rotatable bonds is 5. The number of ether oxygens (including phenoxy) is 1. The second kappa shape index (κ2) is 7.09. The van der Waals surface area contributed by atoms with Gasteiger partial charge in [-0.2, -0.15) is 0 Å². The van der Waals surface area contributed by atoms with Crippen LogP contribution in [0.25, 0.3) is 0 Å². The third-order valence-corrected chi connectivity index (χ3v) is 4.17. The Hall–Kier alpha value is -1.06. The average molecular weight is 358 g/mol. The van der Waals surface area contributed by atoms with Gasteiger partial charge in [-0.3, -0.25) is 0 Å². The number of benzene rings is 2. The predicted molar refractivity (Wildman–Crippen MR) is 84.4 cm³/mol. The van der Waals surface area contributed by atoms with E-state index in [9.17, 15) is 4.39 Å². The first-order chi connectivity index (χ1) is 9.63. The highest BCUT2D eigenvalue weighted by molar-refractivity contribution is 9.09. The van der Waals surface area contributed by atoms with Gasteiger partial charge in [0.05, 0.1) is 6.61 Å². The molecule has 0 aliphatic heterocycles. The SMILES string of the molecule is CCOc1ccccc1C(Br)Cc1c(F)cccc1Cl. The lowest BCUT2D eigenvalue weighted by molar-refractivity contribution is 0.336. The van der Waals surface area contributed by atoms with Gasteiger partial charge in [0.15, 0.2) is 0 Å². The van der Waals surface area contributed by atoms with Crippen LogP contribution in [0.5, 0.6) is 5.75 Å². The van der Waals surface area contributed by atoms with Crippen molar-refractivity contribution in [2.24, 2.45) is 0 Å². The Balaban J connectivity index is 2.26. The molecule has 2 rings (SSSR count). The quantitative estimate of drug-likeness (QED) is 0.637. The number of halogens is 3. The van der Waals surface area contributed by atoms with E-state index >= 15 is 0 Å². The highest BCUT2D eigenvalue weighted by Crippen LogP contribution is 2.35. The fourth-order valence-electron chi connectivity index (χ4n) is 2.04.